The number of nitrogens with one attached hydrogen (secondary N) is 2. The van der Waals surface area contributed by atoms with E-state index in [0.29, 0.717) is 6.04 Å². The lowest BCUT2D eigenvalue weighted by Crippen LogP contribution is -2.39. The van der Waals surface area contributed by atoms with Crippen molar-refractivity contribution >= 4 is 23.2 Å². The molecular weight excluding hydrogens is 362 g/mol. The van der Waals surface area contributed by atoms with E-state index in [4.69, 9.17) is 0 Å². The molecule has 1 aromatic carbocycles. The summed E-state index contributed by atoms with van der Waals surface area (Å²) in [6.07, 6.45) is 7.93. The number of nitrogens with zero attached hydrogens (tertiary/aromatic N) is 1. The number of benzene rings is 1. The van der Waals surface area contributed by atoms with Gasteiger partial charge in [0.05, 0.1) is 0 Å². The van der Waals surface area contributed by atoms with Gasteiger partial charge in [-0.2, -0.15) is 0 Å². The van der Waals surface area contributed by atoms with Gasteiger partial charge in [-0.05, 0) is 83.1 Å². The van der Waals surface area contributed by atoms with Crippen molar-refractivity contribution in [3.63, 3.8) is 0 Å². The molecule has 0 atom stereocenters. The third-order valence-electron chi connectivity index (χ3n) is 6.77. The van der Waals surface area contributed by atoms with Gasteiger partial charge in [-0.1, -0.05) is 12.8 Å². The molecule has 2 aliphatic rings. The molecule has 0 spiro atoms. The Bertz CT molecular complexity index is 700. The van der Waals surface area contributed by atoms with Crippen LogP contribution in [-0.2, 0) is 9.59 Å². The molecule has 2 saturated carbocycles. The summed E-state index contributed by atoms with van der Waals surface area (Å²) in [6.45, 7) is 8.29. The maximum atomic E-state index is 12.8. The quantitative estimate of drug-likeness (QED) is 0.702. The fourth-order valence-corrected chi connectivity index (χ4v) is 4.82. The monoisotopic (exact) mass is 399 g/mol. The molecule has 160 valence electrons. The van der Waals surface area contributed by atoms with Crippen LogP contribution in [0.15, 0.2) is 18.2 Å². The van der Waals surface area contributed by atoms with E-state index in [0.717, 1.165) is 62.9 Å². The second-order valence-corrected chi connectivity index (χ2v) is 8.70. The largest absolute Gasteiger partial charge is 0.372 e. The molecule has 5 nitrogen and oxygen atoms in total. The first-order chi connectivity index (χ1) is 14.0. The van der Waals surface area contributed by atoms with Crippen molar-refractivity contribution < 1.29 is 9.59 Å². The van der Waals surface area contributed by atoms with Gasteiger partial charge in [-0.15, -0.1) is 0 Å². The molecule has 2 amide bonds. The van der Waals surface area contributed by atoms with Gasteiger partial charge < -0.3 is 15.5 Å². The molecule has 0 unspecified atom stereocenters. The summed E-state index contributed by atoms with van der Waals surface area (Å²) in [7, 11) is 0. The molecule has 29 heavy (non-hydrogen) atoms. The number of amides is 2. The van der Waals surface area contributed by atoms with Crippen molar-refractivity contribution in [2.75, 3.05) is 23.3 Å². The molecule has 0 aliphatic heterocycles. The topological polar surface area (TPSA) is 61.4 Å². The second-order valence-electron chi connectivity index (χ2n) is 8.70. The lowest BCUT2D eigenvalue weighted by Gasteiger charge is -2.28. The van der Waals surface area contributed by atoms with Crippen LogP contribution in [0.2, 0.25) is 0 Å². The molecule has 0 bridgehead atoms. The van der Waals surface area contributed by atoms with E-state index >= 15 is 0 Å². The number of anilines is 2. The molecule has 0 heterocycles. The van der Waals surface area contributed by atoms with E-state index in [-0.39, 0.29) is 23.7 Å². The van der Waals surface area contributed by atoms with Gasteiger partial charge in [0.1, 0.15) is 0 Å². The smallest absolute Gasteiger partial charge is 0.227 e. The third-order valence-corrected chi connectivity index (χ3v) is 6.77. The molecule has 2 N–H and O–H groups in total. The van der Waals surface area contributed by atoms with Crippen molar-refractivity contribution in [3.8, 4) is 0 Å². The minimum Gasteiger partial charge on any atom is -0.372 e. The predicted octanol–water partition coefficient (Wildman–Crippen LogP) is 4.64. The zero-order chi connectivity index (χ0) is 20.8. The van der Waals surface area contributed by atoms with Gasteiger partial charge in [0.15, 0.2) is 0 Å². The van der Waals surface area contributed by atoms with Crippen LogP contribution in [-0.4, -0.2) is 30.9 Å². The van der Waals surface area contributed by atoms with Crippen molar-refractivity contribution in [3.05, 3.63) is 23.8 Å². The van der Waals surface area contributed by atoms with Crippen LogP contribution in [0.3, 0.4) is 0 Å². The lowest BCUT2D eigenvalue weighted by molar-refractivity contribution is -0.129. The number of carbonyl (C=O) groups is 2. The number of rotatable bonds is 7. The molecule has 2 aliphatic carbocycles. The number of hydrogen-bond acceptors (Lipinski definition) is 3. The first kappa shape index (κ1) is 21.7. The summed E-state index contributed by atoms with van der Waals surface area (Å²) in [5.41, 5.74) is 3.18. The normalized spacial score (nSPS) is 22.3. The summed E-state index contributed by atoms with van der Waals surface area (Å²) in [4.78, 5) is 27.6. The summed E-state index contributed by atoms with van der Waals surface area (Å²) in [6, 6.07) is 6.62. The summed E-state index contributed by atoms with van der Waals surface area (Å²) in [5, 5.41) is 6.35. The fraction of sp³-hybridized carbons (Fsp3) is 0.667. The lowest BCUT2D eigenvalue weighted by atomic mass is 9.81. The standard InChI is InChI=1S/C24H37N3O2/c1-4-27(5-2)21-14-15-22(17(3)16-21)26-24(29)19-12-10-18(11-13-19)23(28)25-20-8-6-7-9-20/h14-16,18-20H,4-13H2,1-3H3,(H,25,28)(H,26,29). The van der Waals surface area contributed by atoms with E-state index < -0.39 is 0 Å². The molecular formula is C24H37N3O2. The van der Waals surface area contributed by atoms with Crippen LogP contribution >= 0.6 is 0 Å². The average Bonchev–Trinajstić information content (AvgIpc) is 3.24. The van der Waals surface area contributed by atoms with E-state index in [1.165, 1.54) is 18.5 Å². The Morgan fingerprint density at radius 1 is 0.931 bits per heavy atom. The Morgan fingerprint density at radius 3 is 2.07 bits per heavy atom. The van der Waals surface area contributed by atoms with Crippen LogP contribution in [0.25, 0.3) is 0 Å². The Morgan fingerprint density at radius 2 is 1.52 bits per heavy atom. The van der Waals surface area contributed by atoms with Gasteiger partial charge in [-0.3, -0.25) is 9.59 Å². The number of carbonyl (C=O) groups excluding carboxylic acids is 2. The maximum absolute atomic E-state index is 12.8. The van der Waals surface area contributed by atoms with Crippen LogP contribution in [0.4, 0.5) is 11.4 Å². The zero-order valence-corrected chi connectivity index (χ0v) is 18.3. The predicted molar refractivity (Wildman–Crippen MR) is 119 cm³/mol. The third kappa shape index (κ3) is 5.52. The van der Waals surface area contributed by atoms with E-state index in [1.807, 2.05) is 13.0 Å². The molecule has 0 aromatic heterocycles. The first-order valence-corrected chi connectivity index (χ1v) is 11.5. The van der Waals surface area contributed by atoms with Gasteiger partial charge in [0.25, 0.3) is 0 Å². The van der Waals surface area contributed by atoms with Crippen molar-refractivity contribution in [2.45, 2.75) is 78.2 Å². The molecule has 3 rings (SSSR count). The van der Waals surface area contributed by atoms with Gasteiger partial charge >= 0.3 is 0 Å². The maximum Gasteiger partial charge on any atom is 0.227 e. The van der Waals surface area contributed by atoms with Crippen LogP contribution in [0.5, 0.6) is 0 Å². The zero-order valence-electron chi connectivity index (χ0n) is 18.3. The highest BCUT2D eigenvalue weighted by Gasteiger charge is 2.31. The van der Waals surface area contributed by atoms with Gasteiger partial charge in [-0.25, -0.2) is 0 Å². The minimum absolute atomic E-state index is 0.00684. The summed E-state index contributed by atoms with van der Waals surface area (Å²) >= 11 is 0. The van der Waals surface area contributed by atoms with E-state index in [2.05, 4.69) is 41.5 Å². The SMILES string of the molecule is CCN(CC)c1ccc(NC(=O)C2CCC(C(=O)NC3CCCC3)CC2)c(C)c1. The van der Waals surface area contributed by atoms with Crippen LogP contribution in [0.1, 0.15) is 70.8 Å². The van der Waals surface area contributed by atoms with Crippen LogP contribution < -0.4 is 15.5 Å². The van der Waals surface area contributed by atoms with Crippen LogP contribution in [0, 0.1) is 18.8 Å². The minimum atomic E-state index is 0.00684. The van der Waals surface area contributed by atoms with Gasteiger partial charge in [0, 0.05) is 42.3 Å². The molecule has 0 radical (unpaired) electrons. The Hall–Kier alpha value is -2.04. The molecule has 5 heteroatoms. The highest BCUT2D eigenvalue weighted by Crippen LogP contribution is 2.31. The molecule has 1 aromatic rings. The molecule has 2 fully saturated rings. The molecule has 0 saturated heterocycles. The average molecular weight is 400 g/mol. The number of aryl methyl sites for hydroxylation is 1. The Kier molecular flexibility index (Phi) is 7.57. The highest BCUT2D eigenvalue weighted by molar-refractivity contribution is 5.93. The van der Waals surface area contributed by atoms with Crippen molar-refractivity contribution in [1.29, 1.82) is 0 Å². The van der Waals surface area contributed by atoms with Crippen molar-refractivity contribution in [2.24, 2.45) is 11.8 Å². The van der Waals surface area contributed by atoms with E-state index in [1.54, 1.807) is 0 Å². The Labute approximate surface area is 175 Å². The fourth-order valence-electron chi connectivity index (χ4n) is 4.82. The van der Waals surface area contributed by atoms with E-state index in [9.17, 15) is 9.59 Å². The highest BCUT2D eigenvalue weighted by atomic mass is 16.2. The summed E-state index contributed by atoms with van der Waals surface area (Å²) in [5.74, 6) is 0.388. The second kappa shape index (κ2) is 10.1. The van der Waals surface area contributed by atoms with Gasteiger partial charge in [0.2, 0.25) is 11.8 Å². The van der Waals surface area contributed by atoms with Crippen molar-refractivity contribution in [1.82, 2.24) is 5.32 Å². The Balaban J connectivity index is 1.50. The summed E-state index contributed by atoms with van der Waals surface area (Å²) < 4.78 is 0. The first-order valence-electron chi connectivity index (χ1n) is 11.5. The number of hydrogen-bond donors (Lipinski definition) is 2.